The van der Waals surface area contributed by atoms with Crippen LogP contribution in [0.5, 0.6) is 0 Å². The monoisotopic (exact) mass is 677 g/mol. The van der Waals surface area contributed by atoms with Crippen molar-refractivity contribution in [2.75, 3.05) is 26.3 Å². The highest BCUT2D eigenvalue weighted by molar-refractivity contribution is 5.26. The molecule has 250 valence electrons. The number of halogens is 20. The second kappa shape index (κ2) is 11.0. The fraction of sp³-hybridized carbons (Fsp3) is 0.714. The largest absolute Gasteiger partial charge is 0.460 e. The van der Waals surface area contributed by atoms with Crippen molar-refractivity contribution in [2.45, 2.75) is 66.3 Å². The summed E-state index contributed by atoms with van der Waals surface area (Å²) in [7, 11) is 0. The van der Waals surface area contributed by atoms with E-state index in [1.54, 1.807) is 0 Å². The molecule has 0 saturated carbocycles. The van der Waals surface area contributed by atoms with Gasteiger partial charge in [0.25, 0.3) is 0 Å². The Bertz CT molecular complexity index is 1100. The molecule has 43 heavy (non-hydrogen) atoms. The van der Waals surface area contributed by atoms with Crippen molar-refractivity contribution in [3.05, 3.63) is 35.4 Å². The summed E-state index contributed by atoms with van der Waals surface area (Å²) in [6, 6.07) is -2.45. The number of hydrogen-bond donors (Lipinski definition) is 0. The van der Waals surface area contributed by atoms with Gasteiger partial charge in [0.2, 0.25) is 0 Å². The molecule has 0 amide bonds. The maximum Gasteiger partial charge on any atom is 0.460 e. The van der Waals surface area contributed by atoms with E-state index in [0.29, 0.717) is 12.1 Å². The summed E-state index contributed by atoms with van der Waals surface area (Å²) in [6.45, 7) is -3.11. The van der Waals surface area contributed by atoms with Crippen LogP contribution in [-0.4, -0.2) is 84.9 Å². The molecule has 0 N–H and O–H groups in total. The number of nitrogens with zero attached hydrogens (tertiary/aromatic N) is 1. The average molecular weight is 677 g/mol. The van der Waals surface area contributed by atoms with Crippen LogP contribution in [0.1, 0.15) is 11.1 Å². The normalized spacial score (nSPS) is 18.6. The maximum atomic E-state index is 15.2. The second-order valence-electron chi connectivity index (χ2n) is 9.13. The van der Waals surface area contributed by atoms with E-state index in [2.05, 4.69) is 0 Å². The lowest BCUT2D eigenvalue weighted by Crippen LogP contribution is -2.76. The molecule has 1 heterocycles. The molecule has 1 aliphatic heterocycles. The van der Waals surface area contributed by atoms with Gasteiger partial charge in [0, 0.05) is 13.1 Å². The van der Waals surface area contributed by atoms with Crippen LogP contribution in [0.25, 0.3) is 0 Å². The van der Waals surface area contributed by atoms with Gasteiger partial charge < -0.3 is 4.74 Å². The Morgan fingerprint density at radius 1 is 0.535 bits per heavy atom. The highest BCUT2D eigenvalue weighted by Crippen LogP contribution is 2.64. The fourth-order valence-corrected chi connectivity index (χ4v) is 3.81. The van der Waals surface area contributed by atoms with Crippen molar-refractivity contribution in [1.29, 1.82) is 0 Å². The topological polar surface area (TPSA) is 12.5 Å². The Hall–Kier alpha value is -2.26. The number of alkyl halides is 20. The van der Waals surface area contributed by atoms with Gasteiger partial charge in [0.05, 0.1) is 24.8 Å². The van der Waals surface area contributed by atoms with Crippen LogP contribution in [-0.2, 0) is 17.3 Å². The van der Waals surface area contributed by atoms with Gasteiger partial charge in [-0.05, 0) is 24.1 Å². The predicted octanol–water partition coefficient (Wildman–Crippen LogP) is 7.96. The molecule has 1 aromatic rings. The fourth-order valence-electron chi connectivity index (χ4n) is 3.81. The zero-order valence-electron chi connectivity index (χ0n) is 20.3. The van der Waals surface area contributed by atoms with Gasteiger partial charge in [0.15, 0.2) is 0 Å². The second-order valence-corrected chi connectivity index (χ2v) is 9.13. The standard InChI is InChI=1S/C21H15F20NO/c22-13(23,12(42-5-7-43-8-6-42)9-10-1-3-11(4-2-10)14(24,25)26)15(27,28)16(29,30)17(31,32)18(33,34)19(35,36)20(37,38)21(39,40)41/h1-4,12H,5-9H2. The van der Waals surface area contributed by atoms with E-state index < -0.39 is 104 Å². The molecule has 0 spiro atoms. The summed E-state index contributed by atoms with van der Waals surface area (Å²) in [5.41, 5.74) is -2.24. The van der Waals surface area contributed by atoms with Crippen molar-refractivity contribution in [3.63, 3.8) is 0 Å². The third kappa shape index (κ3) is 5.81. The van der Waals surface area contributed by atoms with E-state index in [4.69, 9.17) is 4.74 Å². The van der Waals surface area contributed by atoms with E-state index in [0.717, 1.165) is 0 Å². The van der Waals surface area contributed by atoms with Crippen LogP contribution in [0, 0.1) is 0 Å². The first-order valence-corrected chi connectivity index (χ1v) is 11.1. The number of benzene rings is 1. The van der Waals surface area contributed by atoms with Gasteiger partial charge in [-0.3, -0.25) is 4.90 Å². The van der Waals surface area contributed by atoms with Crippen LogP contribution in [0.2, 0.25) is 0 Å². The summed E-state index contributed by atoms with van der Waals surface area (Å²) in [5, 5.41) is 0. The van der Waals surface area contributed by atoms with Crippen molar-refractivity contribution in [1.82, 2.24) is 4.90 Å². The Morgan fingerprint density at radius 2 is 0.907 bits per heavy atom. The Balaban J connectivity index is 2.65. The molecule has 1 unspecified atom stereocenters. The molecule has 22 heteroatoms. The van der Waals surface area contributed by atoms with Gasteiger partial charge in [-0.25, -0.2) is 0 Å². The van der Waals surface area contributed by atoms with Crippen LogP contribution < -0.4 is 0 Å². The van der Waals surface area contributed by atoms with E-state index in [-0.39, 0.29) is 17.0 Å². The molecule has 1 fully saturated rings. The third-order valence-electron chi connectivity index (χ3n) is 6.36. The highest BCUT2D eigenvalue weighted by atomic mass is 19.4. The maximum absolute atomic E-state index is 15.2. The number of ether oxygens (including phenoxy) is 1. The Morgan fingerprint density at radius 3 is 1.28 bits per heavy atom. The lowest BCUT2D eigenvalue weighted by Gasteiger charge is -2.46. The molecule has 0 bridgehead atoms. The van der Waals surface area contributed by atoms with Gasteiger partial charge in [-0.15, -0.1) is 0 Å². The minimum Gasteiger partial charge on any atom is -0.379 e. The lowest BCUT2D eigenvalue weighted by atomic mass is 9.85. The Labute approximate surface area is 226 Å². The zero-order chi connectivity index (χ0) is 33.9. The minimum atomic E-state index is -8.76. The molecule has 1 saturated heterocycles. The molecule has 1 aliphatic rings. The molecule has 0 radical (unpaired) electrons. The first kappa shape index (κ1) is 36.9. The predicted molar refractivity (Wildman–Crippen MR) is 102 cm³/mol. The molecule has 1 atom stereocenters. The highest BCUT2D eigenvalue weighted by Gasteiger charge is 2.95. The summed E-state index contributed by atoms with van der Waals surface area (Å²) in [5.74, 6) is -57.5. The van der Waals surface area contributed by atoms with E-state index >= 15 is 8.78 Å². The smallest absolute Gasteiger partial charge is 0.379 e. The SMILES string of the molecule is FC(F)(F)c1ccc(CC(N2CCOCC2)C(F)(F)C(F)(F)C(F)(F)C(F)(F)C(F)(F)C(F)(F)C(F)(F)C(F)(F)F)cc1. The lowest BCUT2D eigenvalue weighted by molar-refractivity contribution is -0.463. The minimum absolute atomic E-state index is 0.119. The van der Waals surface area contributed by atoms with Gasteiger partial charge >= 0.3 is 53.8 Å². The van der Waals surface area contributed by atoms with E-state index in [9.17, 15) is 79.0 Å². The quantitative estimate of drug-likeness (QED) is 0.233. The number of morpholine rings is 1. The van der Waals surface area contributed by atoms with Crippen LogP contribution in [0.3, 0.4) is 0 Å². The van der Waals surface area contributed by atoms with Gasteiger partial charge in [-0.2, -0.15) is 87.8 Å². The molecular weight excluding hydrogens is 662 g/mol. The number of hydrogen-bond acceptors (Lipinski definition) is 2. The summed E-state index contributed by atoms with van der Waals surface area (Å²) < 4.78 is 277. The molecule has 1 aromatic carbocycles. The van der Waals surface area contributed by atoms with E-state index in [1.165, 1.54) is 0 Å². The van der Waals surface area contributed by atoms with Crippen LogP contribution in [0.4, 0.5) is 87.8 Å². The molecular formula is C21H15F20NO. The van der Waals surface area contributed by atoms with Gasteiger partial charge in [0.1, 0.15) is 0 Å². The Kier molecular flexibility index (Phi) is 9.42. The summed E-state index contributed by atoms with van der Waals surface area (Å²) in [6.07, 6.45) is -14.6. The van der Waals surface area contributed by atoms with E-state index in [1.807, 2.05) is 0 Å². The molecule has 2 rings (SSSR count). The van der Waals surface area contributed by atoms with Crippen molar-refractivity contribution in [2.24, 2.45) is 0 Å². The van der Waals surface area contributed by atoms with Gasteiger partial charge in [-0.1, -0.05) is 12.1 Å². The summed E-state index contributed by atoms with van der Waals surface area (Å²) >= 11 is 0. The first-order chi connectivity index (χ1) is 18.9. The average Bonchev–Trinajstić information content (AvgIpc) is 2.86. The third-order valence-corrected chi connectivity index (χ3v) is 6.36. The molecule has 0 aromatic heterocycles. The van der Waals surface area contributed by atoms with Crippen molar-refractivity contribution < 1.29 is 92.5 Å². The number of rotatable bonds is 10. The first-order valence-electron chi connectivity index (χ1n) is 11.1. The van der Waals surface area contributed by atoms with Crippen LogP contribution >= 0.6 is 0 Å². The summed E-state index contributed by atoms with van der Waals surface area (Å²) in [4.78, 5) is 0.119. The molecule has 2 nitrogen and oxygen atoms in total. The van der Waals surface area contributed by atoms with Crippen molar-refractivity contribution >= 4 is 0 Å². The molecule has 0 aliphatic carbocycles. The van der Waals surface area contributed by atoms with Crippen LogP contribution in [0.15, 0.2) is 24.3 Å². The zero-order valence-corrected chi connectivity index (χ0v) is 20.3. The van der Waals surface area contributed by atoms with Crippen molar-refractivity contribution in [3.8, 4) is 0 Å².